The quantitative estimate of drug-likeness (QED) is 0.878. The molecule has 1 N–H and O–H groups in total. The highest BCUT2D eigenvalue weighted by atomic mass is 35.5. The second-order valence-electron chi connectivity index (χ2n) is 5.76. The summed E-state index contributed by atoms with van der Waals surface area (Å²) < 4.78 is 5.24. The van der Waals surface area contributed by atoms with E-state index < -0.39 is 0 Å². The van der Waals surface area contributed by atoms with E-state index in [4.69, 9.17) is 16.3 Å². The van der Waals surface area contributed by atoms with Gasteiger partial charge in [0.2, 0.25) is 0 Å². The first-order valence-electron chi connectivity index (χ1n) is 7.33. The first kappa shape index (κ1) is 13.3. The largest absolute Gasteiger partial charge is 0.497 e. The van der Waals surface area contributed by atoms with E-state index in [9.17, 15) is 0 Å². The molecule has 1 aromatic rings. The van der Waals surface area contributed by atoms with Crippen molar-refractivity contribution >= 4 is 11.6 Å². The van der Waals surface area contributed by atoms with Crippen LogP contribution in [0.4, 0.5) is 0 Å². The molecule has 19 heavy (non-hydrogen) atoms. The highest BCUT2D eigenvalue weighted by Crippen LogP contribution is 2.62. The van der Waals surface area contributed by atoms with Gasteiger partial charge in [-0.05, 0) is 54.8 Å². The SMILES string of the molecule is CCNC(c1ccc(OC)cc1Cl)C1C2CCCC21. The van der Waals surface area contributed by atoms with Crippen molar-refractivity contribution in [3.8, 4) is 5.75 Å². The molecule has 2 aliphatic carbocycles. The molecule has 0 spiro atoms. The Labute approximate surface area is 120 Å². The molecule has 3 unspecified atom stereocenters. The maximum absolute atomic E-state index is 6.45. The summed E-state index contributed by atoms with van der Waals surface area (Å²) >= 11 is 6.45. The van der Waals surface area contributed by atoms with Crippen molar-refractivity contribution in [2.45, 2.75) is 32.2 Å². The van der Waals surface area contributed by atoms with E-state index in [1.54, 1.807) is 7.11 Å². The van der Waals surface area contributed by atoms with Crippen LogP contribution in [0, 0.1) is 17.8 Å². The van der Waals surface area contributed by atoms with E-state index in [0.29, 0.717) is 6.04 Å². The van der Waals surface area contributed by atoms with Crippen molar-refractivity contribution in [1.82, 2.24) is 5.32 Å². The topological polar surface area (TPSA) is 21.3 Å². The molecule has 3 atom stereocenters. The lowest BCUT2D eigenvalue weighted by Gasteiger charge is -2.22. The average molecular weight is 280 g/mol. The van der Waals surface area contributed by atoms with Crippen LogP contribution in [0.5, 0.6) is 5.75 Å². The number of hydrogen-bond acceptors (Lipinski definition) is 2. The molecule has 0 amide bonds. The third kappa shape index (κ3) is 2.36. The van der Waals surface area contributed by atoms with Crippen molar-refractivity contribution in [3.05, 3.63) is 28.8 Å². The summed E-state index contributed by atoms with van der Waals surface area (Å²) in [7, 11) is 1.68. The van der Waals surface area contributed by atoms with E-state index in [2.05, 4.69) is 18.3 Å². The molecular formula is C16H22ClNO. The van der Waals surface area contributed by atoms with Crippen LogP contribution in [0.1, 0.15) is 37.8 Å². The van der Waals surface area contributed by atoms with E-state index in [-0.39, 0.29) is 0 Å². The third-order valence-electron chi connectivity index (χ3n) is 4.82. The Kier molecular flexibility index (Phi) is 3.72. The van der Waals surface area contributed by atoms with Crippen molar-refractivity contribution in [3.63, 3.8) is 0 Å². The second-order valence-corrected chi connectivity index (χ2v) is 6.17. The third-order valence-corrected chi connectivity index (χ3v) is 5.15. The lowest BCUT2D eigenvalue weighted by molar-refractivity contribution is 0.411. The van der Waals surface area contributed by atoms with Crippen LogP contribution in [-0.4, -0.2) is 13.7 Å². The molecule has 0 saturated heterocycles. The smallest absolute Gasteiger partial charge is 0.120 e. The highest BCUT2D eigenvalue weighted by molar-refractivity contribution is 6.31. The fraction of sp³-hybridized carbons (Fsp3) is 0.625. The molecule has 0 aromatic heterocycles. The van der Waals surface area contributed by atoms with E-state index in [1.165, 1.54) is 24.8 Å². The minimum absolute atomic E-state index is 0.415. The molecule has 0 aliphatic heterocycles. The number of ether oxygens (including phenoxy) is 1. The highest BCUT2D eigenvalue weighted by Gasteiger charge is 2.56. The average Bonchev–Trinajstić information content (AvgIpc) is 2.88. The van der Waals surface area contributed by atoms with E-state index >= 15 is 0 Å². The van der Waals surface area contributed by atoms with Gasteiger partial charge in [0.1, 0.15) is 5.75 Å². The van der Waals surface area contributed by atoms with E-state index in [1.807, 2.05) is 12.1 Å². The van der Waals surface area contributed by atoms with Crippen LogP contribution in [0.2, 0.25) is 5.02 Å². The minimum atomic E-state index is 0.415. The van der Waals surface area contributed by atoms with Gasteiger partial charge in [-0.1, -0.05) is 31.0 Å². The van der Waals surface area contributed by atoms with Gasteiger partial charge in [0.25, 0.3) is 0 Å². The van der Waals surface area contributed by atoms with Gasteiger partial charge in [-0.25, -0.2) is 0 Å². The van der Waals surface area contributed by atoms with Crippen molar-refractivity contribution < 1.29 is 4.74 Å². The van der Waals surface area contributed by atoms with Crippen LogP contribution >= 0.6 is 11.6 Å². The van der Waals surface area contributed by atoms with Crippen LogP contribution in [0.25, 0.3) is 0 Å². The van der Waals surface area contributed by atoms with Crippen molar-refractivity contribution in [2.24, 2.45) is 17.8 Å². The van der Waals surface area contributed by atoms with Crippen LogP contribution in [0.3, 0.4) is 0 Å². The maximum Gasteiger partial charge on any atom is 0.120 e. The summed E-state index contributed by atoms with van der Waals surface area (Å²) in [5.74, 6) is 3.49. The zero-order chi connectivity index (χ0) is 13.4. The van der Waals surface area contributed by atoms with Gasteiger partial charge in [0.15, 0.2) is 0 Å². The molecule has 0 radical (unpaired) electrons. The number of methoxy groups -OCH3 is 1. The van der Waals surface area contributed by atoms with E-state index in [0.717, 1.165) is 35.1 Å². The van der Waals surface area contributed by atoms with Gasteiger partial charge in [0.05, 0.1) is 7.11 Å². The normalized spacial score (nSPS) is 29.9. The van der Waals surface area contributed by atoms with Gasteiger partial charge in [-0.3, -0.25) is 0 Å². The van der Waals surface area contributed by atoms with Gasteiger partial charge in [-0.2, -0.15) is 0 Å². The number of rotatable bonds is 5. The van der Waals surface area contributed by atoms with Crippen LogP contribution in [-0.2, 0) is 0 Å². The lowest BCUT2D eigenvalue weighted by atomic mass is 9.96. The standard InChI is InChI=1S/C16H22ClNO/c1-3-18-16(15-11-5-4-6-12(11)15)13-8-7-10(19-2)9-14(13)17/h7-9,11-12,15-16,18H,3-6H2,1-2H3. The molecule has 1 aromatic carbocycles. The Hall–Kier alpha value is -0.730. The summed E-state index contributed by atoms with van der Waals surface area (Å²) in [6.45, 7) is 3.16. The molecule has 2 nitrogen and oxygen atoms in total. The Bertz CT molecular complexity index is 452. The summed E-state index contributed by atoms with van der Waals surface area (Å²) in [5, 5.41) is 4.47. The summed E-state index contributed by atoms with van der Waals surface area (Å²) in [6.07, 6.45) is 4.23. The van der Waals surface area contributed by atoms with Gasteiger partial charge < -0.3 is 10.1 Å². The van der Waals surface area contributed by atoms with Crippen molar-refractivity contribution in [1.29, 1.82) is 0 Å². The summed E-state index contributed by atoms with van der Waals surface area (Å²) in [4.78, 5) is 0. The first-order valence-corrected chi connectivity index (χ1v) is 7.71. The zero-order valence-electron chi connectivity index (χ0n) is 11.7. The molecule has 0 bridgehead atoms. The Morgan fingerprint density at radius 1 is 1.37 bits per heavy atom. The number of fused-ring (bicyclic) bond motifs is 1. The molecule has 104 valence electrons. The van der Waals surface area contributed by atoms with Gasteiger partial charge in [-0.15, -0.1) is 0 Å². The number of benzene rings is 1. The predicted octanol–water partition coefficient (Wildman–Crippen LogP) is 4.05. The maximum atomic E-state index is 6.45. The van der Waals surface area contributed by atoms with Crippen LogP contribution < -0.4 is 10.1 Å². The number of halogens is 1. The van der Waals surface area contributed by atoms with Gasteiger partial charge >= 0.3 is 0 Å². The molecule has 2 aliphatic rings. The van der Waals surface area contributed by atoms with Crippen molar-refractivity contribution in [2.75, 3.05) is 13.7 Å². The minimum Gasteiger partial charge on any atom is -0.497 e. The monoisotopic (exact) mass is 279 g/mol. The molecule has 3 rings (SSSR count). The lowest BCUT2D eigenvalue weighted by Crippen LogP contribution is -2.24. The summed E-state index contributed by atoms with van der Waals surface area (Å²) in [5.41, 5.74) is 1.24. The fourth-order valence-corrected chi connectivity index (χ4v) is 4.22. The van der Waals surface area contributed by atoms with Gasteiger partial charge in [0, 0.05) is 11.1 Å². The first-order chi connectivity index (χ1) is 9.26. The molecule has 2 fully saturated rings. The molecule has 2 saturated carbocycles. The van der Waals surface area contributed by atoms with Crippen LogP contribution in [0.15, 0.2) is 18.2 Å². The Morgan fingerprint density at radius 2 is 2.11 bits per heavy atom. The summed E-state index contributed by atoms with van der Waals surface area (Å²) in [6, 6.07) is 6.49. The molecule has 3 heteroatoms. The Morgan fingerprint density at radius 3 is 2.68 bits per heavy atom. The molecule has 0 heterocycles. The number of hydrogen-bond donors (Lipinski definition) is 1. The predicted molar refractivity (Wildman–Crippen MR) is 78.7 cm³/mol. The second kappa shape index (κ2) is 5.34. The number of nitrogens with one attached hydrogen (secondary N) is 1. The Balaban J connectivity index is 1.84. The fourth-order valence-electron chi connectivity index (χ4n) is 3.93. The zero-order valence-corrected chi connectivity index (χ0v) is 12.4. The molecular weight excluding hydrogens is 258 g/mol.